The Labute approximate surface area is 105 Å². The molecule has 0 amide bonds. The van der Waals surface area contributed by atoms with E-state index >= 15 is 0 Å². The number of hydrogen-bond donors (Lipinski definition) is 1. The summed E-state index contributed by atoms with van der Waals surface area (Å²) in [6, 6.07) is 8.77. The lowest BCUT2D eigenvalue weighted by molar-refractivity contribution is 0.304. The van der Waals surface area contributed by atoms with Crippen molar-refractivity contribution in [2.24, 2.45) is 0 Å². The van der Waals surface area contributed by atoms with Gasteiger partial charge in [-0.3, -0.25) is 4.90 Å². The quantitative estimate of drug-likeness (QED) is 0.727. The van der Waals surface area contributed by atoms with Gasteiger partial charge in [0.25, 0.3) is 0 Å². The van der Waals surface area contributed by atoms with Crippen LogP contribution in [0.1, 0.15) is 25.0 Å². The molecule has 2 heteroatoms. The molecule has 0 radical (unpaired) electrons. The highest BCUT2D eigenvalue weighted by Crippen LogP contribution is 2.09. The van der Waals surface area contributed by atoms with Crippen LogP contribution in [0.4, 0.5) is 0 Å². The second-order valence-corrected chi connectivity index (χ2v) is 4.61. The molecule has 1 aromatic rings. The van der Waals surface area contributed by atoms with E-state index in [0.717, 1.165) is 26.2 Å². The van der Waals surface area contributed by atoms with Crippen molar-refractivity contribution in [2.45, 2.75) is 26.9 Å². The van der Waals surface area contributed by atoms with Crippen molar-refractivity contribution < 1.29 is 0 Å². The van der Waals surface area contributed by atoms with E-state index in [4.69, 9.17) is 0 Å². The van der Waals surface area contributed by atoms with Crippen LogP contribution < -0.4 is 5.32 Å². The van der Waals surface area contributed by atoms with Gasteiger partial charge in [0.2, 0.25) is 0 Å². The Morgan fingerprint density at radius 3 is 2.65 bits per heavy atom. The van der Waals surface area contributed by atoms with E-state index in [1.807, 2.05) is 7.05 Å². The Morgan fingerprint density at radius 1 is 1.35 bits per heavy atom. The Balaban J connectivity index is 2.65. The summed E-state index contributed by atoms with van der Waals surface area (Å²) < 4.78 is 0. The summed E-state index contributed by atoms with van der Waals surface area (Å²) in [5.74, 6) is 0. The third-order valence-corrected chi connectivity index (χ3v) is 2.72. The largest absolute Gasteiger partial charge is 0.316 e. The lowest BCUT2D eigenvalue weighted by Crippen LogP contribution is -2.24. The van der Waals surface area contributed by atoms with Gasteiger partial charge in [0.05, 0.1) is 0 Å². The van der Waals surface area contributed by atoms with E-state index in [1.165, 1.54) is 16.7 Å². The Hall–Kier alpha value is -1.12. The van der Waals surface area contributed by atoms with Crippen molar-refractivity contribution in [2.75, 3.05) is 20.1 Å². The van der Waals surface area contributed by atoms with Gasteiger partial charge in [-0.25, -0.2) is 0 Å². The molecule has 2 nitrogen and oxygen atoms in total. The molecule has 0 aliphatic rings. The molecule has 0 unspecified atom stereocenters. The highest BCUT2D eigenvalue weighted by molar-refractivity contribution is 5.23. The Bertz CT molecular complexity index is 358. The molecule has 0 atom stereocenters. The second-order valence-electron chi connectivity index (χ2n) is 4.61. The summed E-state index contributed by atoms with van der Waals surface area (Å²) in [7, 11) is 1.98. The molecule has 0 bridgehead atoms. The van der Waals surface area contributed by atoms with Crippen molar-refractivity contribution in [3.05, 3.63) is 47.5 Å². The van der Waals surface area contributed by atoms with E-state index in [-0.39, 0.29) is 0 Å². The molecule has 94 valence electrons. The number of nitrogens with zero attached hydrogens (tertiary/aromatic N) is 1. The van der Waals surface area contributed by atoms with Gasteiger partial charge in [0.1, 0.15) is 0 Å². The van der Waals surface area contributed by atoms with Crippen LogP contribution in [-0.4, -0.2) is 25.0 Å². The first-order valence-corrected chi connectivity index (χ1v) is 6.24. The predicted molar refractivity (Wildman–Crippen MR) is 75.0 cm³/mol. The summed E-state index contributed by atoms with van der Waals surface area (Å²) in [6.07, 6.45) is 0. The van der Waals surface area contributed by atoms with E-state index < -0.39 is 0 Å². The molecule has 1 aromatic carbocycles. The van der Waals surface area contributed by atoms with E-state index in [1.54, 1.807) is 0 Å². The first-order valence-electron chi connectivity index (χ1n) is 6.24. The average molecular weight is 232 g/mol. The van der Waals surface area contributed by atoms with Crippen LogP contribution in [-0.2, 0) is 13.1 Å². The van der Waals surface area contributed by atoms with Crippen LogP contribution in [0.25, 0.3) is 0 Å². The van der Waals surface area contributed by atoms with Crippen molar-refractivity contribution in [1.29, 1.82) is 0 Å². The normalized spacial score (nSPS) is 10.8. The molecule has 1 rings (SSSR count). The molecule has 0 saturated carbocycles. The number of benzene rings is 1. The standard InChI is InChI=1S/C15H24N2/c1-5-17(11-13(2)3)12-15-8-6-7-14(9-15)10-16-4/h6-9,16H,2,5,10-12H2,1,3-4H3. The minimum Gasteiger partial charge on any atom is -0.316 e. The lowest BCUT2D eigenvalue weighted by Gasteiger charge is -2.20. The van der Waals surface area contributed by atoms with Crippen LogP contribution in [0.15, 0.2) is 36.4 Å². The molecule has 0 heterocycles. The first kappa shape index (κ1) is 13.9. The number of hydrogen-bond acceptors (Lipinski definition) is 2. The number of nitrogens with one attached hydrogen (secondary N) is 1. The maximum Gasteiger partial charge on any atom is 0.0237 e. The Kier molecular flexibility index (Phi) is 5.95. The molecule has 1 N–H and O–H groups in total. The minimum absolute atomic E-state index is 0.931. The average Bonchev–Trinajstić information content (AvgIpc) is 2.28. The van der Waals surface area contributed by atoms with Gasteiger partial charge in [-0.1, -0.05) is 43.3 Å². The minimum atomic E-state index is 0.931. The lowest BCUT2D eigenvalue weighted by atomic mass is 10.1. The van der Waals surface area contributed by atoms with Gasteiger partial charge in [0.15, 0.2) is 0 Å². The van der Waals surface area contributed by atoms with Gasteiger partial charge in [-0.15, -0.1) is 0 Å². The molecular weight excluding hydrogens is 208 g/mol. The predicted octanol–water partition coefficient (Wildman–Crippen LogP) is 2.80. The van der Waals surface area contributed by atoms with Crippen molar-refractivity contribution >= 4 is 0 Å². The molecule has 0 fully saturated rings. The fourth-order valence-corrected chi connectivity index (χ4v) is 1.96. The molecule has 0 aliphatic heterocycles. The van der Waals surface area contributed by atoms with Crippen LogP contribution in [0, 0.1) is 0 Å². The fraction of sp³-hybridized carbons (Fsp3) is 0.467. The van der Waals surface area contributed by atoms with Crippen molar-refractivity contribution in [3.8, 4) is 0 Å². The molecule has 0 saturated heterocycles. The maximum absolute atomic E-state index is 3.98. The molecule has 0 aromatic heterocycles. The zero-order valence-corrected chi connectivity index (χ0v) is 11.3. The highest BCUT2D eigenvalue weighted by Gasteiger charge is 2.04. The van der Waals surface area contributed by atoms with E-state index in [2.05, 4.69) is 54.9 Å². The topological polar surface area (TPSA) is 15.3 Å². The van der Waals surface area contributed by atoms with Crippen LogP contribution in [0.2, 0.25) is 0 Å². The Morgan fingerprint density at radius 2 is 2.06 bits per heavy atom. The third-order valence-electron chi connectivity index (χ3n) is 2.72. The van der Waals surface area contributed by atoms with Gasteiger partial charge in [0, 0.05) is 19.6 Å². The molecule has 17 heavy (non-hydrogen) atoms. The number of likely N-dealkylation sites (N-methyl/N-ethyl adjacent to an activating group) is 1. The summed E-state index contributed by atoms with van der Waals surface area (Å²) in [4.78, 5) is 2.40. The summed E-state index contributed by atoms with van der Waals surface area (Å²) in [6.45, 7) is 12.2. The van der Waals surface area contributed by atoms with Crippen molar-refractivity contribution in [3.63, 3.8) is 0 Å². The fourth-order valence-electron chi connectivity index (χ4n) is 1.96. The van der Waals surface area contributed by atoms with Gasteiger partial charge in [-0.2, -0.15) is 0 Å². The monoisotopic (exact) mass is 232 g/mol. The van der Waals surface area contributed by atoms with Gasteiger partial charge in [-0.05, 0) is 31.6 Å². The van der Waals surface area contributed by atoms with E-state index in [0.29, 0.717) is 0 Å². The maximum atomic E-state index is 3.98. The smallest absolute Gasteiger partial charge is 0.0237 e. The SMILES string of the molecule is C=C(C)CN(CC)Cc1cccc(CNC)c1. The van der Waals surface area contributed by atoms with Gasteiger partial charge < -0.3 is 5.32 Å². The van der Waals surface area contributed by atoms with E-state index in [9.17, 15) is 0 Å². The summed E-state index contributed by atoms with van der Waals surface area (Å²) >= 11 is 0. The molecular formula is C15H24N2. The zero-order valence-electron chi connectivity index (χ0n) is 11.3. The highest BCUT2D eigenvalue weighted by atomic mass is 15.1. The molecule has 0 aliphatic carbocycles. The summed E-state index contributed by atoms with van der Waals surface area (Å²) in [5, 5.41) is 3.18. The molecule has 0 spiro atoms. The van der Waals surface area contributed by atoms with Crippen LogP contribution in [0.5, 0.6) is 0 Å². The van der Waals surface area contributed by atoms with Gasteiger partial charge >= 0.3 is 0 Å². The second kappa shape index (κ2) is 7.25. The summed E-state index contributed by atoms with van der Waals surface area (Å²) in [5.41, 5.74) is 3.94. The van der Waals surface area contributed by atoms with Crippen molar-refractivity contribution in [1.82, 2.24) is 10.2 Å². The van der Waals surface area contributed by atoms with Crippen LogP contribution >= 0.6 is 0 Å². The zero-order chi connectivity index (χ0) is 12.7. The third kappa shape index (κ3) is 5.16. The number of rotatable bonds is 7. The first-order chi connectivity index (χ1) is 8.15. The van der Waals surface area contributed by atoms with Crippen LogP contribution in [0.3, 0.4) is 0 Å².